The highest BCUT2D eigenvalue weighted by Crippen LogP contribution is 2.34. The Balaban J connectivity index is 1.95. The number of hydrogen-bond acceptors (Lipinski definition) is 3. The van der Waals surface area contributed by atoms with Crippen LogP contribution in [0.3, 0.4) is 0 Å². The van der Waals surface area contributed by atoms with Crippen LogP contribution in [0, 0.1) is 0 Å². The van der Waals surface area contributed by atoms with Crippen molar-refractivity contribution >= 4 is 38.9 Å². The van der Waals surface area contributed by atoms with Gasteiger partial charge in [0.1, 0.15) is 6.10 Å². The first-order valence-corrected chi connectivity index (χ1v) is 8.00. The van der Waals surface area contributed by atoms with Crippen LogP contribution in [0.2, 0.25) is 0 Å². The molecule has 0 radical (unpaired) electrons. The Kier molecular flexibility index (Phi) is 3.67. The predicted molar refractivity (Wildman–Crippen MR) is 84.3 cm³/mol. The average Bonchev–Trinajstić information content (AvgIpc) is 2.88. The summed E-state index contributed by atoms with van der Waals surface area (Å²) in [7, 11) is 1.80. The summed E-state index contributed by atoms with van der Waals surface area (Å²) in [4.78, 5) is 14.3. The summed E-state index contributed by atoms with van der Waals surface area (Å²) in [5.41, 5.74) is 2.95. The largest absolute Gasteiger partial charge is 0.383 e. The topological polar surface area (TPSA) is 40.5 Å². The maximum absolute atomic E-state index is 11.7. The van der Waals surface area contributed by atoms with Crippen molar-refractivity contribution in [1.29, 1.82) is 0 Å². The van der Waals surface area contributed by atoms with Crippen LogP contribution in [-0.2, 0) is 11.2 Å². The van der Waals surface area contributed by atoms with Crippen LogP contribution < -0.4 is 4.90 Å². The fourth-order valence-electron chi connectivity index (χ4n) is 2.49. The van der Waals surface area contributed by atoms with E-state index in [-0.39, 0.29) is 5.91 Å². The second kappa shape index (κ2) is 5.31. The van der Waals surface area contributed by atoms with E-state index in [1.807, 2.05) is 30.3 Å². The quantitative estimate of drug-likeness (QED) is 0.899. The van der Waals surface area contributed by atoms with Crippen LogP contribution in [0.4, 0.5) is 5.69 Å². The first-order valence-electron chi connectivity index (χ1n) is 6.39. The highest BCUT2D eigenvalue weighted by atomic mass is 79.9. The molecule has 5 heteroatoms. The Labute approximate surface area is 130 Å². The van der Waals surface area contributed by atoms with Gasteiger partial charge in [0.05, 0.1) is 3.79 Å². The number of carbonyl (C=O) groups excluding carboxylic acids is 1. The van der Waals surface area contributed by atoms with E-state index in [0.29, 0.717) is 6.42 Å². The maximum Gasteiger partial charge on any atom is 0.227 e. The van der Waals surface area contributed by atoms with Crippen LogP contribution in [0.1, 0.15) is 28.5 Å². The van der Waals surface area contributed by atoms with Crippen molar-refractivity contribution in [3.05, 3.63) is 50.1 Å². The fraction of sp³-hybridized carbons (Fsp3) is 0.267. The van der Waals surface area contributed by atoms with E-state index in [2.05, 4.69) is 15.9 Å². The zero-order valence-corrected chi connectivity index (χ0v) is 13.4. The Morgan fingerprint density at radius 1 is 1.30 bits per heavy atom. The lowest BCUT2D eigenvalue weighted by Crippen LogP contribution is -2.31. The van der Waals surface area contributed by atoms with Crippen molar-refractivity contribution in [2.75, 3.05) is 11.9 Å². The number of halogens is 1. The van der Waals surface area contributed by atoms with E-state index in [9.17, 15) is 9.90 Å². The molecule has 0 aliphatic carbocycles. The summed E-state index contributed by atoms with van der Waals surface area (Å²) >= 11 is 4.94. The van der Waals surface area contributed by atoms with Crippen LogP contribution in [0.15, 0.2) is 34.1 Å². The van der Waals surface area contributed by atoms with Gasteiger partial charge in [-0.2, -0.15) is 0 Å². The number of amides is 1. The number of benzene rings is 1. The van der Waals surface area contributed by atoms with Gasteiger partial charge >= 0.3 is 0 Å². The molecule has 2 heterocycles. The summed E-state index contributed by atoms with van der Waals surface area (Å²) in [5.74, 6) is 0.146. The van der Waals surface area contributed by atoms with Crippen molar-refractivity contribution in [3.63, 3.8) is 0 Å². The van der Waals surface area contributed by atoms with Gasteiger partial charge in [-0.05, 0) is 51.7 Å². The van der Waals surface area contributed by atoms with Gasteiger partial charge in [-0.3, -0.25) is 4.79 Å². The third-order valence-electron chi connectivity index (χ3n) is 3.63. The molecule has 104 valence electrons. The van der Waals surface area contributed by atoms with Gasteiger partial charge in [0, 0.05) is 24.0 Å². The zero-order valence-electron chi connectivity index (χ0n) is 11.0. The number of nitrogens with zero attached hydrogens (tertiary/aromatic N) is 1. The standard InChI is InChI=1S/C15H14BrNO2S/c1-17-11-4-2-10(8-9(11)3-7-14(17)18)15(19)12-5-6-13(16)20-12/h2,4-6,8,15,19H,3,7H2,1H3. The molecular weight excluding hydrogens is 338 g/mol. The third kappa shape index (κ3) is 2.41. The van der Waals surface area contributed by atoms with Crippen molar-refractivity contribution < 1.29 is 9.90 Å². The highest BCUT2D eigenvalue weighted by molar-refractivity contribution is 9.11. The molecule has 1 unspecified atom stereocenters. The van der Waals surface area contributed by atoms with Crippen molar-refractivity contribution in [3.8, 4) is 0 Å². The Bertz CT molecular complexity index is 668. The molecule has 1 aliphatic heterocycles. The molecule has 0 saturated heterocycles. The predicted octanol–water partition coefficient (Wildman–Crippen LogP) is 3.50. The summed E-state index contributed by atoms with van der Waals surface area (Å²) in [5, 5.41) is 10.4. The number of hydrogen-bond donors (Lipinski definition) is 1. The molecule has 0 bridgehead atoms. The summed E-state index contributed by atoms with van der Waals surface area (Å²) in [6.45, 7) is 0. The normalized spacial score (nSPS) is 16.1. The molecule has 3 nitrogen and oxygen atoms in total. The van der Waals surface area contributed by atoms with E-state index >= 15 is 0 Å². The highest BCUT2D eigenvalue weighted by Gasteiger charge is 2.22. The third-order valence-corrected chi connectivity index (χ3v) is 5.30. The van der Waals surface area contributed by atoms with Gasteiger partial charge in [0.25, 0.3) is 0 Å². The van der Waals surface area contributed by atoms with Gasteiger partial charge in [0.15, 0.2) is 0 Å². The molecule has 1 aromatic carbocycles. The molecule has 2 aromatic rings. The average molecular weight is 352 g/mol. The Morgan fingerprint density at radius 3 is 2.80 bits per heavy atom. The molecule has 1 aliphatic rings. The minimum absolute atomic E-state index is 0.146. The number of thiophene rings is 1. The molecule has 1 atom stereocenters. The first kappa shape index (κ1) is 13.8. The molecule has 3 rings (SSSR count). The maximum atomic E-state index is 11.7. The number of aliphatic hydroxyl groups is 1. The van der Waals surface area contributed by atoms with E-state index in [1.54, 1.807) is 11.9 Å². The number of rotatable bonds is 2. The lowest BCUT2D eigenvalue weighted by molar-refractivity contribution is -0.118. The van der Waals surface area contributed by atoms with Gasteiger partial charge in [-0.25, -0.2) is 0 Å². The molecule has 0 spiro atoms. The molecule has 20 heavy (non-hydrogen) atoms. The number of anilines is 1. The first-order chi connectivity index (χ1) is 9.56. The van der Waals surface area contributed by atoms with Crippen molar-refractivity contribution in [2.24, 2.45) is 0 Å². The van der Waals surface area contributed by atoms with Crippen LogP contribution >= 0.6 is 27.3 Å². The monoisotopic (exact) mass is 351 g/mol. The van der Waals surface area contributed by atoms with Gasteiger partial charge < -0.3 is 10.0 Å². The second-order valence-electron chi connectivity index (χ2n) is 4.89. The molecule has 1 N–H and O–H groups in total. The summed E-state index contributed by atoms with van der Waals surface area (Å²) in [6.07, 6.45) is 0.667. The molecule has 1 aromatic heterocycles. The number of aliphatic hydroxyl groups excluding tert-OH is 1. The fourth-order valence-corrected chi connectivity index (χ4v) is 3.92. The van der Waals surface area contributed by atoms with Crippen LogP contribution in [-0.4, -0.2) is 18.1 Å². The van der Waals surface area contributed by atoms with E-state index in [1.165, 1.54) is 11.3 Å². The zero-order chi connectivity index (χ0) is 14.3. The number of aryl methyl sites for hydroxylation is 1. The van der Waals surface area contributed by atoms with Gasteiger partial charge in [-0.15, -0.1) is 11.3 Å². The van der Waals surface area contributed by atoms with Crippen molar-refractivity contribution in [1.82, 2.24) is 0 Å². The molecule has 1 amide bonds. The molecule has 0 fully saturated rings. The minimum atomic E-state index is -0.612. The van der Waals surface area contributed by atoms with Crippen LogP contribution in [0.25, 0.3) is 0 Å². The van der Waals surface area contributed by atoms with Crippen LogP contribution in [0.5, 0.6) is 0 Å². The number of fused-ring (bicyclic) bond motifs is 1. The molecular formula is C15H14BrNO2S. The summed E-state index contributed by atoms with van der Waals surface area (Å²) < 4.78 is 1.01. The lowest BCUT2D eigenvalue weighted by atomic mass is 9.97. The lowest BCUT2D eigenvalue weighted by Gasteiger charge is -2.26. The summed E-state index contributed by atoms with van der Waals surface area (Å²) in [6, 6.07) is 9.69. The van der Waals surface area contributed by atoms with Crippen molar-refractivity contribution in [2.45, 2.75) is 18.9 Å². The second-order valence-corrected chi connectivity index (χ2v) is 7.38. The smallest absolute Gasteiger partial charge is 0.227 e. The van der Waals surface area contributed by atoms with E-state index in [0.717, 1.165) is 31.9 Å². The van der Waals surface area contributed by atoms with Gasteiger partial charge in [0.2, 0.25) is 5.91 Å². The van der Waals surface area contributed by atoms with E-state index in [4.69, 9.17) is 0 Å². The minimum Gasteiger partial charge on any atom is -0.383 e. The Morgan fingerprint density at radius 2 is 2.10 bits per heavy atom. The molecule has 0 saturated carbocycles. The Hall–Kier alpha value is -1.17. The van der Waals surface area contributed by atoms with Gasteiger partial charge in [-0.1, -0.05) is 12.1 Å². The SMILES string of the molecule is CN1C(=O)CCc2cc(C(O)c3ccc(Br)s3)ccc21. The number of carbonyl (C=O) groups is 1. The van der Waals surface area contributed by atoms with E-state index < -0.39 is 6.10 Å².